The Morgan fingerprint density at radius 3 is 2.53 bits per heavy atom. The van der Waals surface area contributed by atoms with Gasteiger partial charge in [-0.25, -0.2) is 0 Å². The second kappa shape index (κ2) is 7.26. The van der Waals surface area contributed by atoms with Crippen LogP contribution in [0, 0.1) is 6.92 Å². The molecule has 0 heterocycles. The maximum absolute atomic E-state index is 12.0. The first-order valence-electron chi connectivity index (χ1n) is 6.07. The predicted octanol–water partition coefficient (Wildman–Crippen LogP) is 2.16. The number of nitrogen functional groups attached to an aromatic ring is 1. The van der Waals surface area contributed by atoms with Crippen molar-refractivity contribution >= 4 is 11.6 Å². The van der Waals surface area contributed by atoms with Gasteiger partial charge in [0.2, 0.25) is 0 Å². The van der Waals surface area contributed by atoms with Crippen LogP contribution in [0.15, 0.2) is 43.5 Å². The Kier molecular flexibility index (Phi) is 5.67. The van der Waals surface area contributed by atoms with Crippen LogP contribution in [-0.2, 0) is 4.79 Å². The number of carbonyl (C=O) groups is 1. The summed E-state index contributed by atoms with van der Waals surface area (Å²) < 4.78 is 5.51. The summed E-state index contributed by atoms with van der Waals surface area (Å²) in [5.74, 6) is 0.565. The number of hydrogen-bond donors (Lipinski definition) is 1. The zero-order chi connectivity index (χ0) is 14.3. The summed E-state index contributed by atoms with van der Waals surface area (Å²) in [6.45, 7) is 10.1. The van der Waals surface area contributed by atoms with E-state index in [0.29, 0.717) is 24.5 Å². The first-order chi connectivity index (χ1) is 9.08. The monoisotopic (exact) mass is 260 g/mol. The van der Waals surface area contributed by atoms with Gasteiger partial charge in [0.1, 0.15) is 5.75 Å². The summed E-state index contributed by atoms with van der Waals surface area (Å²) in [5, 5.41) is 0. The molecule has 0 radical (unpaired) electrons. The molecule has 0 aliphatic heterocycles. The first kappa shape index (κ1) is 14.8. The van der Waals surface area contributed by atoms with Crippen molar-refractivity contribution in [1.29, 1.82) is 0 Å². The summed E-state index contributed by atoms with van der Waals surface area (Å²) in [6.07, 6.45) is 3.35. The number of ether oxygens (including phenoxy) is 1. The largest absolute Gasteiger partial charge is 0.483 e. The Hall–Kier alpha value is -2.23. The number of rotatable bonds is 7. The lowest BCUT2D eigenvalue weighted by Gasteiger charge is -2.19. The van der Waals surface area contributed by atoms with Crippen LogP contribution < -0.4 is 10.5 Å². The molecule has 2 N–H and O–H groups in total. The first-order valence-corrected chi connectivity index (χ1v) is 6.07. The van der Waals surface area contributed by atoms with Crippen LogP contribution in [-0.4, -0.2) is 30.5 Å². The van der Waals surface area contributed by atoms with E-state index >= 15 is 0 Å². The van der Waals surface area contributed by atoms with Gasteiger partial charge in [-0.15, -0.1) is 13.2 Å². The summed E-state index contributed by atoms with van der Waals surface area (Å²) in [6, 6.07) is 5.33. The summed E-state index contributed by atoms with van der Waals surface area (Å²) in [5.41, 5.74) is 7.24. The Balaban J connectivity index is 2.61. The highest BCUT2D eigenvalue weighted by molar-refractivity contribution is 5.78. The fourth-order valence-electron chi connectivity index (χ4n) is 1.66. The molecule has 0 spiro atoms. The Labute approximate surface area is 114 Å². The number of anilines is 1. The van der Waals surface area contributed by atoms with Crippen LogP contribution >= 0.6 is 0 Å². The van der Waals surface area contributed by atoms with E-state index in [-0.39, 0.29) is 12.5 Å². The quantitative estimate of drug-likeness (QED) is 0.603. The molecular weight excluding hydrogens is 240 g/mol. The number of nitrogens with two attached hydrogens (primary N) is 1. The SMILES string of the molecule is C=CCN(CC=C)C(=O)COc1ccc(N)cc1C. The highest BCUT2D eigenvalue weighted by atomic mass is 16.5. The van der Waals surface area contributed by atoms with Crippen LogP contribution in [0.3, 0.4) is 0 Å². The molecule has 0 aliphatic rings. The number of carbonyl (C=O) groups excluding carboxylic acids is 1. The van der Waals surface area contributed by atoms with Gasteiger partial charge in [-0.05, 0) is 30.7 Å². The molecule has 1 rings (SSSR count). The molecule has 0 atom stereocenters. The Morgan fingerprint density at radius 2 is 2.00 bits per heavy atom. The van der Waals surface area contributed by atoms with E-state index in [0.717, 1.165) is 5.56 Å². The number of hydrogen-bond acceptors (Lipinski definition) is 3. The van der Waals surface area contributed by atoms with E-state index in [1.807, 2.05) is 13.0 Å². The summed E-state index contributed by atoms with van der Waals surface area (Å²) in [7, 11) is 0. The van der Waals surface area contributed by atoms with Crippen LogP contribution in [0.25, 0.3) is 0 Å². The molecule has 1 amide bonds. The molecule has 0 bridgehead atoms. The van der Waals surface area contributed by atoms with E-state index in [1.165, 1.54) is 0 Å². The Morgan fingerprint density at radius 1 is 1.37 bits per heavy atom. The molecule has 1 aromatic carbocycles. The van der Waals surface area contributed by atoms with Gasteiger partial charge in [0, 0.05) is 18.8 Å². The van der Waals surface area contributed by atoms with Gasteiger partial charge in [0.25, 0.3) is 5.91 Å². The van der Waals surface area contributed by atoms with Crippen LogP contribution in [0.1, 0.15) is 5.56 Å². The van der Waals surface area contributed by atoms with Crippen molar-refractivity contribution in [3.63, 3.8) is 0 Å². The van der Waals surface area contributed by atoms with Gasteiger partial charge in [0.15, 0.2) is 6.61 Å². The maximum atomic E-state index is 12.0. The van der Waals surface area contributed by atoms with Crippen molar-refractivity contribution in [1.82, 2.24) is 4.90 Å². The van der Waals surface area contributed by atoms with Crippen LogP contribution in [0.4, 0.5) is 5.69 Å². The molecule has 0 fully saturated rings. The lowest BCUT2D eigenvalue weighted by molar-refractivity contribution is -0.132. The molecule has 0 unspecified atom stereocenters. The molecule has 4 nitrogen and oxygen atoms in total. The average Bonchev–Trinajstić information content (AvgIpc) is 2.37. The summed E-state index contributed by atoms with van der Waals surface area (Å²) in [4.78, 5) is 13.6. The average molecular weight is 260 g/mol. The molecule has 1 aromatic rings. The minimum Gasteiger partial charge on any atom is -0.483 e. The van der Waals surface area contributed by atoms with Gasteiger partial charge in [-0.2, -0.15) is 0 Å². The van der Waals surface area contributed by atoms with Crippen molar-refractivity contribution in [2.45, 2.75) is 6.92 Å². The topological polar surface area (TPSA) is 55.6 Å². The lowest BCUT2D eigenvalue weighted by atomic mass is 10.2. The summed E-state index contributed by atoms with van der Waals surface area (Å²) >= 11 is 0. The van der Waals surface area contributed by atoms with Crippen LogP contribution in [0.5, 0.6) is 5.75 Å². The van der Waals surface area contributed by atoms with E-state index in [9.17, 15) is 4.79 Å². The fraction of sp³-hybridized carbons (Fsp3) is 0.267. The van der Waals surface area contributed by atoms with Gasteiger partial charge >= 0.3 is 0 Å². The van der Waals surface area contributed by atoms with E-state index in [1.54, 1.807) is 29.2 Å². The minimum absolute atomic E-state index is 0.00750. The number of aryl methyl sites for hydroxylation is 1. The lowest BCUT2D eigenvalue weighted by Crippen LogP contribution is -2.35. The predicted molar refractivity (Wildman–Crippen MR) is 78.1 cm³/mol. The van der Waals surface area contributed by atoms with Crippen molar-refractivity contribution < 1.29 is 9.53 Å². The van der Waals surface area contributed by atoms with Crippen molar-refractivity contribution in [3.8, 4) is 5.75 Å². The molecular formula is C15H20N2O2. The molecule has 4 heteroatoms. The number of amides is 1. The fourth-order valence-corrected chi connectivity index (χ4v) is 1.66. The number of nitrogens with zero attached hydrogens (tertiary/aromatic N) is 1. The maximum Gasteiger partial charge on any atom is 0.261 e. The van der Waals surface area contributed by atoms with Gasteiger partial charge in [-0.3, -0.25) is 4.79 Å². The zero-order valence-electron chi connectivity index (χ0n) is 11.3. The highest BCUT2D eigenvalue weighted by Crippen LogP contribution is 2.20. The normalized spacial score (nSPS) is 9.74. The van der Waals surface area contributed by atoms with Crippen molar-refractivity contribution in [2.24, 2.45) is 0 Å². The zero-order valence-corrected chi connectivity index (χ0v) is 11.3. The van der Waals surface area contributed by atoms with E-state index < -0.39 is 0 Å². The molecule has 0 aromatic heterocycles. The van der Waals surface area contributed by atoms with Gasteiger partial charge < -0.3 is 15.4 Å². The molecule has 0 aliphatic carbocycles. The smallest absolute Gasteiger partial charge is 0.261 e. The third-order valence-corrected chi connectivity index (χ3v) is 2.60. The van der Waals surface area contributed by atoms with E-state index in [2.05, 4.69) is 13.2 Å². The van der Waals surface area contributed by atoms with Crippen molar-refractivity contribution in [2.75, 3.05) is 25.4 Å². The third kappa shape index (κ3) is 4.50. The molecule has 0 saturated carbocycles. The second-order valence-corrected chi connectivity index (χ2v) is 4.19. The Bertz CT molecular complexity index is 459. The number of benzene rings is 1. The molecule has 0 saturated heterocycles. The minimum atomic E-state index is -0.101. The highest BCUT2D eigenvalue weighted by Gasteiger charge is 2.11. The van der Waals surface area contributed by atoms with Crippen LogP contribution in [0.2, 0.25) is 0 Å². The standard InChI is InChI=1S/C15H20N2O2/c1-4-8-17(9-5-2)15(18)11-19-14-7-6-13(16)10-12(14)3/h4-7,10H,1-2,8-9,11,16H2,3H3. The molecule has 19 heavy (non-hydrogen) atoms. The van der Waals surface area contributed by atoms with Gasteiger partial charge in [-0.1, -0.05) is 12.2 Å². The molecule has 102 valence electrons. The van der Waals surface area contributed by atoms with E-state index in [4.69, 9.17) is 10.5 Å². The second-order valence-electron chi connectivity index (χ2n) is 4.19. The third-order valence-electron chi connectivity index (χ3n) is 2.60. The van der Waals surface area contributed by atoms with Gasteiger partial charge in [0.05, 0.1) is 0 Å². The van der Waals surface area contributed by atoms with Crippen molar-refractivity contribution in [3.05, 3.63) is 49.1 Å².